The summed E-state index contributed by atoms with van der Waals surface area (Å²) in [4.78, 5) is 11.4. The Morgan fingerprint density at radius 1 is 1.26 bits per heavy atom. The highest BCUT2D eigenvalue weighted by atomic mass is 16.4. The van der Waals surface area contributed by atoms with Crippen LogP contribution >= 0.6 is 0 Å². The fourth-order valence-corrected chi connectivity index (χ4v) is 3.62. The Morgan fingerprint density at radius 2 is 2.00 bits per heavy atom. The van der Waals surface area contributed by atoms with Crippen LogP contribution in [-0.2, 0) is 16.8 Å². The topological polar surface area (TPSA) is 69.6 Å². The molecule has 1 aliphatic heterocycles. The largest absolute Gasteiger partial charge is 0.508 e. The fourth-order valence-electron chi connectivity index (χ4n) is 3.62. The number of fused-ring (bicyclic) bond motifs is 2. The molecule has 0 radical (unpaired) electrons. The minimum atomic E-state index is -0.807. The van der Waals surface area contributed by atoms with Crippen molar-refractivity contribution in [2.24, 2.45) is 0 Å². The maximum Gasteiger partial charge on any atom is 0.321 e. The SMILES string of the molecule is O=C(O)C1Cc2cc(O)ccc2C2(CCCCC2)N1. The third-order valence-electron chi connectivity index (χ3n) is 4.48. The highest BCUT2D eigenvalue weighted by molar-refractivity contribution is 5.75. The van der Waals surface area contributed by atoms with Crippen molar-refractivity contribution in [3.05, 3.63) is 29.3 Å². The van der Waals surface area contributed by atoms with E-state index in [0.29, 0.717) is 6.42 Å². The lowest BCUT2D eigenvalue weighted by atomic mass is 9.71. The molecule has 1 aromatic carbocycles. The van der Waals surface area contributed by atoms with E-state index in [-0.39, 0.29) is 11.3 Å². The van der Waals surface area contributed by atoms with Crippen molar-refractivity contribution in [3.63, 3.8) is 0 Å². The van der Waals surface area contributed by atoms with Crippen LogP contribution in [-0.4, -0.2) is 22.2 Å². The van der Waals surface area contributed by atoms with E-state index >= 15 is 0 Å². The second-order valence-electron chi connectivity index (χ2n) is 5.72. The lowest BCUT2D eigenvalue weighted by molar-refractivity contribution is -0.140. The number of aromatic hydroxyl groups is 1. The summed E-state index contributed by atoms with van der Waals surface area (Å²) < 4.78 is 0. The zero-order valence-corrected chi connectivity index (χ0v) is 10.9. The van der Waals surface area contributed by atoms with Gasteiger partial charge in [0.25, 0.3) is 0 Å². The Labute approximate surface area is 112 Å². The Hall–Kier alpha value is -1.55. The van der Waals surface area contributed by atoms with Gasteiger partial charge >= 0.3 is 5.97 Å². The van der Waals surface area contributed by atoms with Gasteiger partial charge in [-0.05, 0) is 42.5 Å². The summed E-state index contributed by atoms with van der Waals surface area (Å²) in [6, 6.07) is 4.84. The average molecular weight is 261 g/mol. The zero-order chi connectivity index (χ0) is 13.5. The standard InChI is InChI=1S/C15H19NO3/c17-11-4-5-12-10(8-11)9-13(14(18)19)16-15(12)6-2-1-3-7-15/h4-5,8,13,16-17H,1-3,6-7,9H2,(H,18,19). The molecule has 3 N–H and O–H groups in total. The number of phenolic OH excluding ortho intramolecular Hbond substituents is 1. The van der Waals surface area contributed by atoms with Crippen LogP contribution in [0.4, 0.5) is 0 Å². The number of benzene rings is 1. The van der Waals surface area contributed by atoms with Crippen LogP contribution < -0.4 is 5.32 Å². The number of nitrogens with one attached hydrogen (secondary N) is 1. The number of hydrogen-bond donors (Lipinski definition) is 3. The van der Waals surface area contributed by atoms with Gasteiger partial charge in [0.2, 0.25) is 0 Å². The summed E-state index contributed by atoms with van der Waals surface area (Å²) in [7, 11) is 0. The van der Waals surface area contributed by atoms with Gasteiger partial charge in [-0.1, -0.05) is 25.3 Å². The first-order valence-corrected chi connectivity index (χ1v) is 6.94. The molecule has 1 unspecified atom stereocenters. The Morgan fingerprint density at radius 3 is 2.68 bits per heavy atom. The molecule has 1 atom stereocenters. The maximum absolute atomic E-state index is 11.4. The summed E-state index contributed by atoms with van der Waals surface area (Å²) >= 11 is 0. The Kier molecular flexibility index (Phi) is 2.97. The smallest absolute Gasteiger partial charge is 0.321 e. The minimum absolute atomic E-state index is 0.206. The molecule has 2 aliphatic rings. The molecule has 1 saturated carbocycles. The fraction of sp³-hybridized carbons (Fsp3) is 0.533. The van der Waals surface area contributed by atoms with Crippen molar-refractivity contribution in [2.45, 2.75) is 50.1 Å². The van der Waals surface area contributed by atoms with Gasteiger partial charge in [0.15, 0.2) is 0 Å². The number of carboxylic acids is 1. The van der Waals surface area contributed by atoms with Crippen LogP contribution in [0.1, 0.15) is 43.2 Å². The van der Waals surface area contributed by atoms with Crippen molar-refractivity contribution in [2.75, 3.05) is 0 Å². The van der Waals surface area contributed by atoms with Gasteiger partial charge < -0.3 is 10.2 Å². The van der Waals surface area contributed by atoms with Crippen LogP contribution in [0.3, 0.4) is 0 Å². The van der Waals surface area contributed by atoms with Crippen LogP contribution in [0.2, 0.25) is 0 Å². The zero-order valence-electron chi connectivity index (χ0n) is 10.9. The number of carboxylic acid groups (broad SMARTS) is 1. The van der Waals surface area contributed by atoms with Crippen molar-refractivity contribution < 1.29 is 15.0 Å². The lowest BCUT2D eigenvalue weighted by Gasteiger charge is -2.45. The molecule has 102 valence electrons. The first kappa shape index (κ1) is 12.5. The number of rotatable bonds is 1. The van der Waals surface area contributed by atoms with Crippen LogP contribution in [0, 0.1) is 0 Å². The van der Waals surface area contributed by atoms with Gasteiger partial charge in [-0.2, -0.15) is 0 Å². The molecular formula is C15H19NO3. The van der Waals surface area contributed by atoms with E-state index in [1.165, 1.54) is 12.0 Å². The number of hydrogen-bond acceptors (Lipinski definition) is 3. The molecule has 0 bridgehead atoms. The molecular weight excluding hydrogens is 242 g/mol. The third-order valence-corrected chi connectivity index (χ3v) is 4.48. The van der Waals surface area contributed by atoms with Gasteiger partial charge in [-0.3, -0.25) is 10.1 Å². The van der Waals surface area contributed by atoms with Crippen molar-refractivity contribution in [1.82, 2.24) is 5.32 Å². The second-order valence-corrected chi connectivity index (χ2v) is 5.72. The first-order chi connectivity index (χ1) is 9.11. The number of carbonyl (C=O) groups is 1. The minimum Gasteiger partial charge on any atom is -0.508 e. The summed E-state index contributed by atoms with van der Waals surface area (Å²) in [5.41, 5.74) is 1.96. The molecule has 0 amide bonds. The summed E-state index contributed by atoms with van der Waals surface area (Å²) in [5, 5.41) is 22.3. The van der Waals surface area contributed by atoms with Gasteiger partial charge in [0.05, 0.1) is 0 Å². The van der Waals surface area contributed by atoms with E-state index in [0.717, 1.165) is 31.2 Å². The Bertz CT molecular complexity index is 506. The second kappa shape index (κ2) is 4.53. The molecule has 1 heterocycles. The van der Waals surface area contributed by atoms with Crippen LogP contribution in [0.5, 0.6) is 5.75 Å². The number of aliphatic carboxylic acids is 1. The average Bonchev–Trinajstić information content (AvgIpc) is 2.39. The monoisotopic (exact) mass is 261 g/mol. The van der Waals surface area contributed by atoms with Gasteiger partial charge in [0, 0.05) is 5.54 Å². The molecule has 1 fully saturated rings. The molecule has 0 saturated heterocycles. The highest BCUT2D eigenvalue weighted by Crippen LogP contribution is 2.42. The van der Waals surface area contributed by atoms with Crippen molar-refractivity contribution >= 4 is 5.97 Å². The van der Waals surface area contributed by atoms with E-state index in [4.69, 9.17) is 0 Å². The van der Waals surface area contributed by atoms with E-state index in [2.05, 4.69) is 5.32 Å². The maximum atomic E-state index is 11.4. The number of phenols is 1. The van der Waals surface area contributed by atoms with Crippen LogP contribution in [0.25, 0.3) is 0 Å². The first-order valence-electron chi connectivity index (χ1n) is 6.94. The third kappa shape index (κ3) is 2.10. The van der Waals surface area contributed by atoms with Crippen molar-refractivity contribution in [3.8, 4) is 5.75 Å². The van der Waals surface area contributed by atoms with Crippen LogP contribution in [0.15, 0.2) is 18.2 Å². The van der Waals surface area contributed by atoms with Gasteiger partial charge in [-0.25, -0.2) is 0 Å². The molecule has 19 heavy (non-hydrogen) atoms. The molecule has 0 aromatic heterocycles. The lowest BCUT2D eigenvalue weighted by Crippen LogP contribution is -2.56. The summed E-state index contributed by atoms with van der Waals surface area (Å²) in [5.74, 6) is -0.588. The van der Waals surface area contributed by atoms with Gasteiger partial charge in [-0.15, -0.1) is 0 Å². The summed E-state index contributed by atoms with van der Waals surface area (Å²) in [6.07, 6.45) is 5.87. The van der Waals surface area contributed by atoms with E-state index in [1.807, 2.05) is 6.07 Å². The molecule has 1 aliphatic carbocycles. The summed E-state index contributed by atoms with van der Waals surface area (Å²) in [6.45, 7) is 0. The highest BCUT2D eigenvalue weighted by Gasteiger charge is 2.42. The van der Waals surface area contributed by atoms with E-state index < -0.39 is 12.0 Å². The molecule has 4 heteroatoms. The molecule has 1 aromatic rings. The van der Waals surface area contributed by atoms with E-state index in [1.54, 1.807) is 12.1 Å². The molecule has 4 nitrogen and oxygen atoms in total. The van der Waals surface area contributed by atoms with Gasteiger partial charge in [0.1, 0.15) is 11.8 Å². The normalized spacial score (nSPS) is 24.9. The van der Waals surface area contributed by atoms with E-state index in [9.17, 15) is 15.0 Å². The Balaban J connectivity index is 2.06. The predicted octanol–water partition coefficient (Wildman–Crippen LogP) is 2.15. The molecule has 1 spiro atoms. The van der Waals surface area contributed by atoms with Crippen molar-refractivity contribution in [1.29, 1.82) is 0 Å². The molecule has 3 rings (SSSR count). The quantitative estimate of drug-likeness (QED) is 0.724. The predicted molar refractivity (Wildman–Crippen MR) is 71.1 cm³/mol.